The van der Waals surface area contributed by atoms with Crippen molar-refractivity contribution < 1.29 is 18.3 Å². The molecule has 2 aromatic rings. The van der Waals surface area contributed by atoms with Crippen LogP contribution in [0.15, 0.2) is 42.5 Å². The summed E-state index contributed by atoms with van der Waals surface area (Å²) in [6, 6.07) is 10.3. The van der Waals surface area contributed by atoms with E-state index in [0.29, 0.717) is 25.3 Å². The molecule has 0 saturated heterocycles. The van der Waals surface area contributed by atoms with Crippen LogP contribution in [-0.4, -0.2) is 20.3 Å². The Hall–Kier alpha value is -1.98. The fraction of sp³-hybridized carbons (Fsp3) is 0.250. The van der Waals surface area contributed by atoms with Crippen molar-refractivity contribution in [1.29, 1.82) is 0 Å². The van der Waals surface area contributed by atoms with Crippen molar-refractivity contribution in [1.82, 2.24) is 5.32 Å². The molecule has 2 rings (SSSR count). The van der Waals surface area contributed by atoms with Crippen LogP contribution in [0.2, 0.25) is 0 Å². The first kappa shape index (κ1) is 15.4. The zero-order valence-corrected chi connectivity index (χ0v) is 11.7. The number of para-hydroxylation sites is 1. The van der Waals surface area contributed by atoms with E-state index in [9.17, 15) is 8.78 Å². The van der Waals surface area contributed by atoms with E-state index in [1.54, 1.807) is 25.3 Å². The van der Waals surface area contributed by atoms with Gasteiger partial charge in [0, 0.05) is 31.8 Å². The Balaban J connectivity index is 2.13. The molecule has 0 saturated carbocycles. The molecule has 0 fully saturated rings. The molecule has 3 nitrogen and oxygen atoms in total. The number of hydrogen-bond acceptors (Lipinski definition) is 3. The van der Waals surface area contributed by atoms with E-state index in [0.717, 1.165) is 0 Å². The first-order valence-electron chi connectivity index (χ1n) is 6.61. The number of benzene rings is 2. The van der Waals surface area contributed by atoms with E-state index < -0.39 is 11.6 Å². The van der Waals surface area contributed by atoms with E-state index in [1.165, 1.54) is 24.3 Å². The van der Waals surface area contributed by atoms with Crippen LogP contribution in [0, 0.1) is 11.6 Å². The van der Waals surface area contributed by atoms with Gasteiger partial charge in [-0.15, -0.1) is 0 Å². The molecule has 0 radical (unpaired) electrons. The number of halogens is 2. The predicted molar refractivity (Wildman–Crippen MR) is 76.5 cm³/mol. The minimum atomic E-state index is -0.481. The summed E-state index contributed by atoms with van der Waals surface area (Å²) in [5, 5.41) is 3.12. The topological polar surface area (TPSA) is 30.5 Å². The zero-order chi connectivity index (χ0) is 15.1. The van der Waals surface area contributed by atoms with Gasteiger partial charge in [0.1, 0.15) is 11.6 Å². The van der Waals surface area contributed by atoms with Gasteiger partial charge in [0.05, 0.1) is 6.61 Å². The third-order valence-corrected chi connectivity index (χ3v) is 2.86. The molecular formula is C16H17F2NO2. The standard InChI is InChI=1S/C16H17F2NO2/c1-20-9-8-19-11-12-4-2-7-15(18)16(12)21-14-6-3-5-13(17)10-14/h2-7,10,19H,8-9,11H2,1H3. The van der Waals surface area contributed by atoms with E-state index in [-0.39, 0.29) is 11.5 Å². The molecule has 0 aromatic heterocycles. The van der Waals surface area contributed by atoms with Crippen LogP contribution in [0.5, 0.6) is 11.5 Å². The van der Waals surface area contributed by atoms with Crippen molar-refractivity contribution in [3.63, 3.8) is 0 Å². The lowest BCUT2D eigenvalue weighted by atomic mass is 10.2. The van der Waals surface area contributed by atoms with Gasteiger partial charge in [-0.25, -0.2) is 8.78 Å². The summed E-state index contributed by atoms with van der Waals surface area (Å²) >= 11 is 0. The Kier molecular flexibility index (Phi) is 5.66. The SMILES string of the molecule is COCCNCc1cccc(F)c1Oc1cccc(F)c1. The minimum Gasteiger partial charge on any atom is -0.454 e. The Labute approximate surface area is 122 Å². The van der Waals surface area contributed by atoms with Crippen molar-refractivity contribution in [2.45, 2.75) is 6.54 Å². The molecule has 0 aliphatic heterocycles. The number of nitrogens with one attached hydrogen (secondary N) is 1. The van der Waals surface area contributed by atoms with Crippen molar-refractivity contribution in [3.8, 4) is 11.5 Å². The summed E-state index contributed by atoms with van der Waals surface area (Å²) in [7, 11) is 1.61. The smallest absolute Gasteiger partial charge is 0.167 e. The van der Waals surface area contributed by atoms with Gasteiger partial charge in [0.25, 0.3) is 0 Å². The van der Waals surface area contributed by atoms with Gasteiger partial charge < -0.3 is 14.8 Å². The lowest BCUT2D eigenvalue weighted by Crippen LogP contribution is -2.19. The second-order valence-electron chi connectivity index (χ2n) is 4.46. The molecule has 0 heterocycles. The molecule has 2 aromatic carbocycles. The van der Waals surface area contributed by atoms with Crippen molar-refractivity contribution >= 4 is 0 Å². The molecular weight excluding hydrogens is 276 g/mol. The van der Waals surface area contributed by atoms with Gasteiger partial charge in [-0.1, -0.05) is 18.2 Å². The summed E-state index contributed by atoms with van der Waals surface area (Å²) < 4.78 is 37.5. The molecule has 0 atom stereocenters. The van der Waals surface area contributed by atoms with Crippen molar-refractivity contribution in [3.05, 3.63) is 59.7 Å². The van der Waals surface area contributed by atoms with Gasteiger partial charge in [0.2, 0.25) is 0 Å². The highest BCUT2D eigenvalue weighted by atomic mass is 19.1. The number of ether oxygens (including phenoxy) is 2. The summed E-state index contributed by atoms with van der Waals surface area (Å²) in [6.07, 6.45) is 0. The molecule has 0 aliphatic carbocycles. The van der Waals surface area contributed by atoms with E-state index in [2.05, 4.69) is 5.32 Å². The van der Waals surface area contributed by atoms with Crippen molar-refractivity contribution in [2.24, 2.45) is 0 Å². The van der Waals surface area contributed by atoms with Gasteiger partial charge in [0.15, 0.2) is 11.6 Å². The largest absolute Gasteiger partial charge is 0.454 e. The predicted octanol–water partition coefficient (Wildman–Crippen LogP) is 3.49. The highest BCUT2D eigenvalue weighted by molar-refractivity contribution is 5.39. The van der Waals surface area contributed by atoms with Gasteiger partial charge >= 0.3 is 0 Å². The maximum Gasteiger partial charge on any atom is 0.167 e. The molecule has 0 amide bonds. The van der Waals surface area contributed by atoms with Crippen molar-refractivity contribution in [2.75, 3.05) is 20.3 Å². The molecule has 112 valence electrons. The molecule has 21 heavy (non-hydrogen) atoms. The normalized spacial score (nSPS) is 10.6. The highest BCUT2D eigenvalue weighted by Gasteiger charge is 2.11. The van der Waals surface area contributed by atoms with Gasteiger partial charge in [-0.3, -0.25) is 0 Å². The number of hydrogen-bond donors (Lipinski definition) is 1. The number of rotatable bonds is 7. The third kappa shape index (κ3) is 4.51. The van der Waals surface area contributed by atoms with Crippen LogP contribution in [0.1, 0.15) is 5.56 Å². The Morgan fingerprint density at radius 3 is 2.67 bits per heavy atom. The zero-order valence-electron chi connectivity index (χ0n) is 11.7. The maximum absolute atomic E-state index is 13.9. The Morgan fingerprint density at radius 1 is 1.10 bits per heavy atom. The first-order valence-corrected chi connectivity index (χ1v) is 6.61. The first-order chi connectivity index (χ1) is 10.2. The van der Waals surface area contributed by atoms with Crippen LogP contribution in [0.3, 0.4) is 0 Å². The monoisotopic (exact) mass is 293 g/mol. The third-order valence-electron chi connectivity index (χ3n) is 2.86. The molecule has 1 N–H and O–H groups in total. The lowest BCUT2D eigenvalue weighted by Gasteiger charge is -2.13. The van der Waals surface area contributed by atoms with E-state index >= 15 is 0 Å². The summed E-state index contributed by atoms with van der Waals surface area (Å²) in [5.74, 6) is -0.542. The van der Waals surface area contributed by atoms with Gasteiger partial charge in [-0.05, 0) is 18.2 Å². The molecule has 0 spiro atoms. The van der Waals surface area contributed by atoms with Crippen LogP contribution in [0.25, 0.3) is 0 Å². The average Bonchev–Trinajstić information content (AvgIpc) is 2.47. The molecule has 0 bridgehead atoms. The Bertz CT molecular complexity index is 590. The second-order valence-corrected chi connectivity index (χ2v) is 4.46. The Morgan fingerprint density at radius 2 is 1.90 bits per heavy atom. The average molecular weight is 293 g/mol. The lowest BCUT2D eigenvalue weighted by molar-refractivity contribution is 0.199. The van der Waals surface area contributed by atoms with Crippen LogP contribution < -0.4 is 10.1 Å². The van der Waals surface area contributed by atoms with E-state index in [4.69, 9.17) is 9.47 Å². The quantitative estimate of drug-likeness (QED) is 0.793. The maximum atomic E-state index is 13.9. The highest BCUT2D eigenvalue weighted by Crippen LogP contribution is 2.28. The summed E-state index contributed by atoms with van der Waals surface area (Å²) in [4.78, 5) is 0. The molecule has 5 heteroatoms. The van der Waals surface area contributed by atoms with Gasteiger partial charge in [-0.2, -0.15) is 0 Å². The fourth-order valence-corrected chi connectivity index (χ4v) is 1.85. The van der Waals surface area contributed by atoms with Crippen LogP contribution in [0.4, 0.5) is 8.78 Å². The molecule has 0 unspecified atom stereocenters. The summed E-state index contributed by atoms with van der Waals surface area (Å²) in [5.41, 5.74) is 0.662. The second kappa shape index (κ2) is 7.71. The fourth-order valence-electron chi connectivity index (χ4n) is 1.85. The number of methoxy groups -OCH3 is 1. The van der Waals surface area contributed by atoms with Crippen LogP contribution >= 0.6 is 0 Å². The molecule has 0 aliphatic rings. The summed E-state index contributed by atoms with van der Waals surface area (Å²) in [6.45, 7) is 1.65. The minimum absolute atomic E-state index is 0.105. The van der Waals surface area contributed by atoms with E-state index in [1.807, 2.05) is 0 Å². The van der Waals surface area contributed by atoms with Crippen LogP contribution in [-0.2, 0) is 11.3 Å².